The first kappa shape index (κ1) is 12.9. The lowest BCUT2D eigenvalue weighted by Gasteiger charge is -2.29. The minimum Gasteiger partial charge on any atom is -0.481 e. The third-order valence-corrected chi connectivity index (χ3v) is 3.37. The summed E-state index contributed by atoms with van der Waals surface area (Å²) >= 11 is 0. The van der Waals surface area contributed by atoms with Crippen molar-refractivity contribution in [2.45, 2.75) is 31.3 Å². The summed E-state index contributed by atoms with van der Waals surface area (Å²) in [5, 5.41) is 10.4. The normalized spacial score (nSPS) is 17.7. The molecule has 1 fully saturated rings. The second-order valence-electron chi connectivity index (χ2n) is 4.91. The van der Waals surface area contributed by atoms with Crippen molar-refractivity contribution in [2.75, 3.05) is 31.3 Å². The van der Waals surface area contributed by atoms with E-state index in [9.17, 15) is 5.11 Å². The van der Waals surface area contributed by atoms with Crippen LogP contribution in [-0.4, -0.2) is 41.4 Å². The second-order valence-corrected chi connectivity index (χ2v) is 4.91. The fraction of sp³-hybridized carbons (Fsp3) is 0.667. The van der Waals surface area contributed by atoms with Crippen LogP contribution in [0.15, 0.2) is 6.07 Å². The van der Waals surface area contributed by atoms with Crippen LogP contribution in [0.5, 0.6) is 5.88 Å². The lowest BCUT2D eigenvalue weighted by molar-refractivity contribution is 0.0558. The zero-order chi connectivity index (χ0) is 13.2. The number of ether oxygens (including phenoxy) is 1. The first-order valence-electron chi connectivity index (χ1n) is 6.14. The van der Waals surface area contributed by atoms with Gasteiger partial charge in [-0.1, -0.05) is 12.8 Å². The van der Waals surface area contributed by atoms with E-state index in [-0.39, 0.29) is 5.95 Å². The molecule has 6 nitrogen and oxygen atoms in total. The van der Waals surface area contributed by atoms with E-state index >= 15 is 0 Å². The molecule has 0 saturated heterocycles. The van der Waals surface area contributed by atoms with Gasteiger partial charge in [-0.05, 0) is 12.8 Å². The Hall–Kier alpha value is -1.56. The molecule has 0 aromatic carbocycles. The zero-order valence-electron chi connectivity index (χ0n) is 10.9. The number of rotatable bonds is 4. The van der Waals surface area contributed by atoms with E-state index in [1.54, 1.807) is 6.07 Å². The molecule has 1 aliphatic rings. The molecule has 0 spiro atoms. The minimum atomic E-state index is -0.609. The zero-order valence-corrected chi connectivity index (χ0v) is 10.9. The molecule has 6 heteroatoms. The Morgan fingerprint density at radius 1 is 1.44 bits per heavy atom. The van der Waals surface area contributed by atoms with Crippen molar-refractivity contribution in [1.29, 1.82) is 0 Å². The van der Waals surface area contributed by atoms with Crippen LogP contribution in [0.2, 0.25) is 0 Å². The predicted octanol–water partition coefficient (Wildman–Crippen LogP) is 0.809. The van der Waals surface area contributed by atoms with Gasteiger partial charge in [0.1, 0.15) is 5.82 Å². The smallest absolute Gasteiger partial charge is 0.225 e. The third kappa shape index (κ3) is 2.81. The second kappa shape index (κ2) is 4.97. The number of hydrogen-bond donors (Lipinski definition) is 2. The molecule has 1 aromatic heterocycles. The SMILES string of the molecule is COc1cc(N(C)CC2(O)CCCC2)nc(N)n1. The maximum atomic E-state index is 10.4. The fourth-order valence-corrected chi connectivity index (χ4v) is 2.44. The first-order valence-corrected chi connectivity index (χ1v) is 6.14. The molecule has 3 N–H and O–H groups in total. The fourth-order valence-electron chi connectivity index (χ4n) is 2.44. The van der Waals surface area contributed by atoms with E-state index in [1.165, 1.54) is 7.11 Å². The lowest BCUT2D eigenvalue weighted by atomic mass is 10.0. The Kier molecular flexibility index (Phi) is 3.56. The monoisotopic (exact) mass is 252 g/mol. The van der Waals surface area contributed by atoms with Crippen molar-refractivity contribution in [3.05, 3.63) is 6.07 Å². The van der Waals surface area contributed by atoms with Gasteiger partial charge < -0.3 is 20.5 Å². The largest absolute Gasteiger partial charge is 0.481 e. The summed E-state index contributed by atoms with van der Waals surface area (Å²) in [6.07, 6.45) is 3.85. The molecular formula is C12H20N4O2. The minimum absolute atomic E-state index is 0.176. The average molecular weight is 252 g/mol. The van der Waals surface area contributed by atoms with Gasteiger partial charge in [-0.3, -0.25) is 0 Å². The number of hydrogen-bond acceptors (Lipinski definition) is 6. The Morgan fingerprint density at radius 2 is 2.11 bits per heavy atom. The van der Waals surface area contributed by atoms with Crippen LogP contribution in [0.1, 0.15) is 25.7 Å². The van der Waals surface area contributed by atoms with Gasteiger partial charge >= 0.3 is 0 Å². The van der Waals surface area contributed by atoms with Gasteiger partial charge in [0.05, 0.1) is 12.7 Å². The molecule has 0 bridgehead atoms. The molecule has 0 unspecified atom stereocenters. The summed E-state index contributed by atoms with van der Waals surface area (Å²) in [5.41, 5.74) is 5.01. The summed E-state index contributed by atoms with van der Waals surface area (Å²) in [5.74, 6) is 1.28. The van der Waals surface area contributed by atoms with Crippen LogP contribution in [0.3, 0.4) is 0 Å². The Labute approximate surface area is 107 Å². The molecule has 1 aliphatic carbocycles. The number of methoxy groups -OCH3 is 1. The van der Waals surface area contributed by atoms with Crippen LogP contribution < -0.4 is 15.4 Å². The van der Waals surface area contributed by atoms with Gasteiger partial charge in [0.15, 0.2) is 0 Å². The Morgan fingerprint density at radius 3 is 2.72 bits per heavy atom. The number of aromatic nitrogens is 2. The van der Waals surface area contributed by atoms with Crippen molar-refractivity contribution in [1.82, 2.24) is 9.97 Å². The van der Waals surface area contributed by atoms with Crippen molar-refractivity contribution >= 4 is 11.8 Å². The number of anilines is 2. The number of likely N-dealkylation sites (N-methyl/N-ethyl adjacent to an activating group) is 1. The Bertz CT molecular complexity index is 419. The van der Waals surface area contributed by atoms with E-state index in [2.05, 4.69) is 9.97 Å². The summed E-state index contributed by atoms with van der Waals surface area (Å²) < 4.78 is 5.06. The van der Waals surface area contributed by atoms with E-state index in [0.29, 0.717) is 18.2 Å². The molecule has 0 radical (unpaired) electrons. The van der Waals surface area contributed by atoms with Crippen LogP contribution in [0.25, 0.3) is 0 Å². The number of aliphatic hydroxyl groups is 1. The molecule has 1 aromatic rings. The average Bonchev–Trinajstić information content (AvgIpc) is 2.74. The van der Waals surface area contributed by atoms with Crippen molar-refractivity contribution in [2.24, 2.45) is 0 Å². The number of nitrogens with two attached hydrogens (primary N) is 1. The highest BCUT2D eigenvalue weighted by molar-refractivity contribution is 5.45. The lowest BCUT2D eigenvalue weighted by Crippen LogP contribution is -2.39. The van der Waals surface area contributed by atoms with Gasteiger partial charge in [-0.2, -0.15) is 9.97 Å². The third-order valence-electron chi connectivity index (χ3n) is 3.37. The summed E-state index contributed by atoms with van der Waals surface area (Å²) in [7, 11) is 3.42. The number of nitrogens with zero attached hydrogens (tertiary/aromatic N) is 3. The van der Waals surface area contributed by atoms with Gasteiger partial charge in [0, 0.05) is 19.7 Å². The van der Waals surface area contributed by atoms with E-state index in [0.717, 1.165) is 25.7 Å². The molecule has 0 aliphatic heterocycles. The van der Waals surface area contributed by atoms with Gasteiger partial charge in [-0.15, -0.1) is 0 Å². The molecule has 0 amide bonds. The maximum absolute atomic E-state index is 10.4. The molecule has 2 rings (SSSR count). The van der Waals surface area contributed by atoms with E-state index in [1.807, 2.05) is 11.9 Å². The molecule has 1 heterocycles. The van der Waals surface area contributed by atoms with Crippen LogP contribution in [0.4, 0.5) is 11.8 Å². The summed E-state index contributed by atoms with van der Waals surface area (Å²) in [6.45, 7) is 0.548. The van der Waals surface area contributed by atoms with Crippen LogP contribution >= 0.6 is 0 Å². The van der Waals surface area contributed by atoms with Gasteiger partial charge in [-0.25, -0.2) is 0 Å². The summed E-state index contributed by atoms with van der Waals surface area (Å²) in [4.78, 5) is 9.99. The highest BCUT2D eigenvalue weighted by Crippen LogP contribution is 2.31. The van der Waals surface area contributed by atoms with Crippen molar-refractivity contribution in [3.63, 3.8) is 0 Å². The van der Waals surface area contributed by atoms with Crippen molar-refractivity contribution in [3.8, 4) is 5.88 Å². The quantitative estimate of drug-likeness (QED) is 0.825. The maximum Gasteiger partial charge on any atom is 0.225 e. The summed E-state index contributed by atoms with van der Waals surface area (Å²) in [6, 6.07) is 1.72. The van der Waals surface area contributed by atoms with Crippen LogP contribution in [-0.2, 0) is 0 Å². The highest BCUT2D eigenvalue weighted by atomic mass is 16.5. The Balaban J connectivity index is 2.12. The standard InChI is InChI=1S/C12H20N4O2/c1-16(8-12(17)5-3-4-6-12)9-7-10(18-2)15-11(13)14-9/h7,17H,3-6,8H2,1-2H3,(H2,13,14,15). The highest BCUT2D eigenvalue weighted by Gasteiger charge is 2.32. The predicted molar refractivity (Wildman–Crippen MR) is 69.7 cm³/mol. The molecule has 1 saturated carbocycles. The number of nitrogen functional groups attached to an aromatic ring is 1. The molecule has 100 valence electrons. The topological polar surface area (TPSA) is 84.5 Å². The van der Waals surface area contributed by atoms with Gasteiger partial charge in [0.25, 0.3) is 0 Å². The molecule has 18 heavy (non-hydrogen) atoms. The van der Waals surface area contributed by atoms with Crippen molar-refractivity contribution < 1.29 is 9.84 Å². The van der Waals surface area contributed by atoms with Crippen LogP contribution in [0, 0.1) is 0 Å². The first-order chi connectivity index (χ1) is 8.52. The molecule has 0 atom stereocenters. The van der Waals surface area contributed by atoms with E-state index in [4.69, 9.17) is 10.5 Å². The molecular weight excluding hydrogens is 232 g/mol. The van der Waals surface area contributed by atoms with Gasteiger partial charge in [0.2, 0.25) is 11.8 Å². The van der Waals surface area contributed by atoms with E-state index < -0.39 is 5.60 Å².